The van der Waals surface area contributed by atoms with Gasteiger partial charge in [0.25, 0.3) is 0 Å². The fraction of sp³-hybridized carbons (Fsp3) is 0.588. The van der Waals surface area contributed by atoms with Crippen LogP contribution in [0.3, 0.4) is 0 Å². The Kier molecular flexibility index (Phi) is 4.81. The number of hydrogen-bond donors (Lipinski definition) is 1. The van der Waals surface area contributed by atoms with E-state index in [0.29, 0.717) is 12.6 Å². The van der Waals surface area contributed by atoms with Gasteiger partial charge in [0, 0.05) is 12.6 Å². The predicted molar refractivity (Wildman–Crippen MR) is 82.2 cm³/mol. The molecule has 1 aromatic rings. The summed E-state index contributed by atoms with van der Waals surface area (Å²) in [7, 11) is 0. The second kappa shape index (κ2) is 6.40. The molecule has 0 bridgehead atoms. The van der Waals surface area contributed by atoms with E-state index < -0.39 is 0 Å². The van der Waals surface area contributed by atoms with E-state index in [1.807, 2.05) is 4.90 Å². The van der Waals surface area contributed by atoms with E-state index in [1.165, 1.54) is 11.1 Å². The second-order valence-corrected chi connectivity index (χ2v) is 6.09. The van der Waals surface area contributed by atoms with Crippen LogP contribution in [-0.4, -0.2) is 22.9 Å². The number of carbonyl (C=O) groups is 1. The zero-order valence-corrected chi connectivity index (χ0v) is 12.8. The Morgan fingerprint density at radius 1 is 1.35 bits per heavy atom. The SMILES string of the molecule is CC[C@H](C)[C@H](N)C(=O)N(Cc1ccc(C)cc1)C1CC1. The lowest BCUT2D eigenvalue weighted by Crippen LogP contribution is -2.47. The number of aryl methyl sites for hydroxylation is 1. The molecule has 2 N–H and O–H groups in total. The van der Waals surface area contributed by atoms with Gasteiger partial charge in [-0.15, -0.1) is 0 Å². The lowest BCUT2D eigenvalue weighted by atomic mass is 9.98. The average molecular weight is 274 g/mol. The van der Waals surface area contributed by atoms with E-state index >= 15 is 0 Å². The number of hydrogen-bond acceptors (Lipinski definition) is 2. The third kappa shape index (κ3) is 3.60. The van der Waals surface area contributed by atoms with Crippen molar-refractivity contribution in [1.82, 2.24) is 4.90 Å². The third-order valence-electron chi connectivity index (χ3n) is 4.29. The van der Waals surface area contributed by atoms with E-state index in [1.54, 1.807) is 0 Å². The Balaban J connectivity index is 2.07. The summed E-state index contributed by atoms with van der Waals surface area (Å²) in [4.78, 5) is 14.6. The Bertz CT molecular complexity index is 451. The summed E-state index contributed by atoms with van der Waals surface area (Å²) >= 11 is 0. The topological polar surface area (TPSA) is 46.3 Å². The van der Waals surface area contributed by atoms with Crippen LogP contribution in [0.15, 0.2) is 24.3 Å². The third-order valence-corrected chi connectivity index (χ3v) is 4.29. The molecule has 0 spiro atoms. The molecule has 1 aliphatic rings. The van der Waals surface area contributed by atoms with Gasteiger partial charge in [0.15, 0.2) is 0 Å². The summed E-state index contributed by atoms with van der Waals surface area (Å²) in [5.74, 6) is 0.351. The molecule has 0 saturated heterocycles. The first-order valence-corrected chi connectivity index (χ1v) is 7.64. The van der Waals surface area contributed by atoms with Crippen LogP contribution in [0.4, 0.5) is 0 Å². The van der Waals surface area contributed by atoms with Gasteiger partial charge in [-0.1, -0.05) is 50.1 Å². The number of benzene rings is 1. The van der Waals surface area contributed by atoms with Gasteiger partial charge in [0.2, 0.25) is 5.91 Å². The van der Waals surface area contributed by atoms with Crippen LogP contribution < -0.4 is 5.73 Å². The van der Waals surface area contributed by atoms with E-state index in [4.69, 9.17) is 5.73 Å². The van der Waals surface area contributed by atoms with Gasteiger partial charge < -0.3 is 10.6 Å². The van der Waals surface area contributed by atoms with Crippen LogP contribution in [0, 0.1) is 12.8 Å². The molecular formula is C17H26N2O. The fourth-order valence-electron chi connectivity index (χ4n) is 2.35. The summed E-state index contributed by atoms with van der Waals surface area (Å²) in [6.07, 6.45) is 3.17. The van der Waals surface area contributed by atoms with Crippen LogP contribution in [0.2, 0.25) is 0 Å². The van der Waals surface area contributed by atoms with Gasteiger partial charge in [-0.3, -0.25) is 4.79 Å². The minimum atomic E-state index is -0.369. The maximum atomic E-state index is 12.6. The smallest absolute Gasteiger partial charge is 0.240 e. The first-order valence-electron chi connectivity index (χ1n) is 7.64. The normalized spacial score (nSPS) is 17.6. The van der Waals surface area contributed by atoms with Crippen molar-refractivity contribution >= 4 is 5.91 Å². The minimum Gasteiger partial charge on any atom is -0.334 e. The highest BCUT2D eigenvalue weighted by atomic mass is 16.2. The van der Waals surface area contributed by atoms with E-state index in [2.05, 4.69) is 45.0 Å². The number of rotatable bonds is 6. The van der Waals surface area contributed by atoms with Crippen molar-refractivity contribution in [1.29, 1.82) is 0 Å². The Morgan fingerprint density at radius 3 is 2.45 bits per heavy atom. The largest absolute Gasteiger partial charge is 0.334 e. The maximum Gasteiger partial charge on any atom is 0.240 e. The molecule has 0 aromatic heterocycles. The first kappa shape index (κ1) is 15.0. The second-order valence-electron chi connectivity index (χ2n) is 6.09. The Morgan fingerprint density at radius 2 is 1.95 bits per heavy atom. The van der Waals surface area contributed by atoms with Crippen molar-refractivity contribution in [3.05, 3.63) is 35.4 Å². The highest BCUT2D eigenvalue weighted by molar-refractivity contribution is 5.82. The molecule has 1 aliphatic carbocycles. The van der Waals surface area contributed by atoms with Gasteiger partial charge in [-0.05, 0) is 31.2 Å². The molecule has 2 atom stereocenters. The number of nitrogens with two attached hydrogens (primary N) is 1. The summed E-state index contributed by atoms with van der Waals surface area (Å²) in [6.45, 7) is 6.90. The van der Waals surface area contributed by atoms with Crippen molar-refractivity contribution in [3.63, 3.8) is 0 Å². The van der Waals surface area contributed by atoms with Crippen molar-refractivity contribution in [2.45, 2.75) is 58.7 Å². The van der Waals surface area contributed by atoms with E-state index in [0.717, 1.165) is 19.3 Å². The van der Waals surface area contributed by atoms with Crippen LogP contribution in [0.5, 0.6) is 0 Å². The molecule has 0 radical (unpaired) electrons. The predicted octanol–water partition coefficient (Wildman–Crippen LogP) is 2.86. The summed E-state index contributed by atoms with van der Waals surface area (Å²) in [5.41, 5.74) is 8.56. The van der Waals surface area contributed by atoms with Crippen molar-refractivity contribution in [2.24, 2.45) is 11.7 Å². The zero-order valence-electron chi connectivity index (χ0n) is 12.8. The molecule has 0 unspecified atom stereocenters. The van der Waals surface area contributed by atoms with Crippen LogP contribution in [0.25, 0.3) is 0 Å². The maximum absolute atomic E-state index is 12.6. The number of nitrogens with zero attached hydrogens (tertiary/aromatic N) is 1. The lowest BCUT2D eigenvalue weighted by Gasteiger charge is -2.28. The molecule has 20 heavy (non-hydrogen) atoms. The molecular weight excluding hydrogens is 248 g/mol. The van der Waals surface area contributed by atoms with Crippen molar-refractivity contribution in [2.75, 3.05) is 0 Å². The van der Waals surface area contributed by atoms with Crippen molar-refractivity contribution < 1.29 is 4.79 Å². The molecule has 1 saturated carbocycles. The summed E-state index contributed by atoms with van der Waals surface area (Å²) < 4.78 is 0. The fourth-order valence-corrected chi connectivity index (χ4v) is 2.35. The highest BCUT2D eigenvalue weighted by Crippen LogP contribution is 2.29. The standard InChI is InChI=1S/C17H26N2O/c1-4-13(3)16(18)17(20)19(15-9-10-15)11-14-7-5-12(2)6-8-14/h5-8,13,15-16H,4,9-11,18H2,1-3H3/t13-,16-/m0/s1. The van der Waals surface area contributed by atoms with Gasteiger partial charge >= 0.3 is 0 Å². The molecule has 0 heterocycles. The van der Waals surface area contributed by atoms with Gasteiger partial charge in [0.1, 0.15) is 0 Å². The van der Waals surface area contributed by atoms with Gasteiger partial charge in [-0.25, -0.2) is 0 Å². The summed E-state index contributed by atoms with van der Waals surface area (Å²) in [6, 6.07) is 8.43. The minimum absolute atomic E-state index is 0.113. The first-order chi connectivity index (χ1) is 9.52. The quantitative estimate of drug-likeness (QED) is 0.867. The molecule has 1 aromatic carbocycles. The van der Waals surface area contributed by atoms with Gasteiger partial charge in [-0.2, -0.15) is 0 Å². The van der Waals surface area contributed by atoms with E-state index in [9.17, 15) is 4.79 Å². The number of amides is 1. The van der Waals surface area contributed by atoms with Crippen molar-refractivity contribution in [3.8, 4) is 0 Å². The van der Waals surface area contributed by atoms with E-state index in [-0.39, 0.29) is 17.9 Å². The molecule has 0 aliphatic heterocycles. The molecule has 1 fully saturated rings. The molecule has 1 amide bonds. The lowest BCUT2D eigenvalue weighted by molar-refractivity contribution is -0.135. The number of carbonyl (C=O) groups excluding carboxylic acids is 1. The highest BCUT2D eigenvalue weighted by Gasteiger charge is 2.35. The van der Waals surface area contributed by atoms with Crippen LogP contribution in [-0.2, 0) is 11.3 Å². The average Bonchev–Trinajstić information content (AvgIpc) is 3.28. The van der Waals surface area contributed by atoms with Gasteiger partial charge in [0.05, 0.1) is 6.04 Å². The summed E-state index contributed by atoms with van der Waals surface area (Å²) in [5, 5.41) is 0. The Hall–Kier alpha value is -1.35. The molecule has 3 nitrogen and oxygen atoms in total. The van der Waals surface area contributed by atoms with Crippen LogP contribution in [0.1, 0.15) is 44.2 Å². The van der Waals surface area contributed by atoms with Crippen LogP contribution >= 0.6 is 0 Å². The molecule has 3 heteroatoms. The molecule has 110 valence electrons. The zero-order chi connectivity index (χ0) is 14.7. The monoisotopic (exact) mass is 274 g/mol. The Labute approximate surface area is 122 Å². The molecule has 2 rings (SSSR count).